The van der Waals surface area contributed by atoms with Crippen molar-refractivity contribution in [1.82, 2.24) is 19.6 Å². The van der Waals surface area contributed by atoms with Crippen LogP contribution in [0.1, 0.15) is 5.56 Å². The maximum Gasteiger partial charge on any atom is 0.0891 e. The molecule has 25 heavy (non-hydrogen) atoms. The molecule has 124 valence electrons. The molecule has 0 bridgehead atoms. The third-order valence-electron chi connectivity index (χ3n) is 3.88. The quantitative estimate of drug-likeness (QED) is 0.537. The van der Waals surface area contributed by atoms with Gasteiger partial charge in [-0.2, -0.15) is 10.2 Å². The zero-order valence-corrected chi connectivity index (χ0v) is 15.2. The minimum Gasteiger partial charge on any atom is -0.352 e. The fourth-order valence-corrected chi connectivity index (χ4v) is 3.05. The molecular weight excluding hydrogens is 378 g/mol. The summed E-state index contributed by atoms with van der Waals surface area (Å²) in [7, 11) is 0. The molecule has 2 aromatic carbocycles. The minimum atomic E-state index is 0.962. The Hall–Kier alpha value is -2.86. The molecule has 0 radical (unpaired) electrons. The molecule has 0 unspecified atom stereocenters. The summed E-state index contributed by atoms with van der Waals surface area (Å²) in [4.78, 5) is 0. The topological polar surface area (TPSA) is 47.7 Å². The molecule has 5 nitrogen and oxygen atoms in total. The van der Waals surface area contributed by atoms with Crippen molar-refractivity contribution in [3.05, 3.63) is 83.4 Å². The molecule has 0 atom stereocenters. The molecule has 2 heterocycles. The van der Waals surface area contributed by atoms with Gasteiger partial charge in [-0.25, -0.2) is 9.36 Å². The summed E-state index contributed by atoms with van der Waals surface area (Å²) >= 11 is 3.54. The van der Waals surface area contributed by atoms with Crippen molar-refractivity contribution >= 4 is 27.3 Å². The lowest BCUT2D eigenvalue weighted by Crippen LogP contribution is -2.04. The number of anilines is 2. The Labute approximate surface area is 154 Å². The highest BCUT2D eigenvalue weighted by atomic mass is 79.9. The van der Waals surface area contributed by atoms with E-state index in [9.17, 15) is 0 Å². The van der Waals surface area contributed by atoms with Crippen molar-refractivity contribution in [2.24, 2.45) is 0 Å². The summed E-state index contributed by atoms with van der Waals surface area (Å²) in [5.74, 6) is 0. The summed E-state index contributed by atoms with van der Waals surface area (Å²) in [6.45, 7) is 2.07. The maximum absolute atomic E-state index is 4.37. The highest BCUT2D eigenvalue weighted by molar-refractivity contribution is 9.10. The Morgan fingerprint density at radius 3 is 2.04 bits per heavy atom. The first-order chi connectivity index (χ1) is 12.2. The number of nitrogens with one attached hydrogen (secondary N) is 1. The van der Waals surface area contributed by atoms with Gasteiger partial charge in [0.15, 0.2) is 0 Å². The van der Waals surface area contributed by atoms with Gasteiger partial charge in [0.2, 0.25) is 0 Å². The molecule has 6 heteroatoms. The van der Waals surface area contributed by atoms with Crippen molar-refractivity contribution in [2.45, 2.75) is 6.92 Å². The number of nitrogens with zero attached hydrogens (tertiary/aromatic N) is 4. The van der Waals surface area contributed by atoms with E-state index in [2.05, 4.69) is 56.6 Å². The Kier molecular flexibility index (Phi) is 4.11. The fraction of sp³-hybridized carbons (Fsp3) is 0.0526. The van der Waals surface area contributed by atoms with Crippen LogP contribution in [0.25, 0.3) is 11.4 Å². The highest BCUT2D eigenvalue weighted by Gasteiger charge is 2.10. The maximum atomic E-state index is 4.37. The Bertz CT molecular complexity index is 909. The van der Waals surface area contributed by atoms with E-state index in [-0.39, 0.29) is 0 Å². The van der Waals surface area contributed by atoms with Crippen LogP contribution < -0.4 is 5.32 Å². The van der Waals surface area contributed by atoms with E-state index < -0.39 is 0 Å². The minimum absolute atomic E-state index is 0.962. The zero-order valence-electron chi connectivity index (χ0n) is 13.6. The average Bonchev–Trinajstić information content (AvgIpc) is 3.31. The van der Waals surface area contributed by atoms with Gasteiger partial charge in [0.05, 0.1) is 22.7 Å². The lowest BCUT2D eigenvalue weighted by Gasteiger charge is -2.16. The molecule has 0 aliphatic carbocycles. The SMILES string of the molecule is Cc1ccc(Nc2ccc(Br)cc2-n2cccn2)c(-n2cccn2)c1. The molecule has 0 saturated carbocycles. The summed E-state index contributed by atoms with van der Waals surface area (Å²) in [6.07, 6.45) is 7.42. The van der Waals surface area contributed by atoms with Crippen molar-refractivity contribution < 1.29 is 0 Å². The lowest BCUT2D eigenvalue weighted by molar-refractivity contribution is 0.876. The number of hydrogen-bond donors (Lipinski definition) is 1. The summed E-state index contributed by atoms with van der Waals surface area (Å²) in [5.41, 5.74) is 5.08. The van der Waals surface area contributed by atoms with Crippen LogP contribution >= 0.6 is 15.9 Å². The van der Waals surface area contributed by atoms with Crippen LogP contribution in [0.15, 0.2) is 77.8 Å². The predicted molar refractivity (Wildman–Crippen MR) is 103 cm³/mol. The molecule has 0 aliphatic rings. The van der Waals surface area contributed by atoms with Gasteiger partial charge >= 0.3 is 0 Å². The number of aromatic nitrogens is 4. The molecule has 0 spiro atoms. The second kappa shape index (κ2) is 6.57. The molecule has 4 aromatic rings. The van der Waals surface area contributed by atoms with Crippen LogP contribution in [-0.4, -0.2) is 19.6 Å². The second-order valence-electron chi connectivity index (χ2n) is 5.71. The molecule has 0 saturated heterocycles. The number of aryl methyl sites for hydroxylation is 1. The van der Waals surface area contributed by atoms with Crippen LogP contribution in [0.3, 0.4) is 0 Å². The van der Waals surface area contributed by atoms with E-state index in [1.54, 1.807) is 12.4 Å². The van der Waals surface area contributed by atoms with Crippen molar-refractivity contribution in [2.75, 3.05) is 5.32 Å². The van der Waals surface area contributed by atoms with Gasteiger partial charge in [0, 0.05) is 29.3 Å². The number of hydrogen-bond acceptors (Lipinski definition) is 3. The zero-order chi connectivity index (χ0) is 17.2. The summed E-state index contributed by atoms with van der Waals surface area (Å²) in [6, 6.07) is 16.2. The standard InChI is InChI=1S/C19H16BrN5/c1-14-4-6-16(18(12-14)24-10-2-8-21-24)23-17-7-5-15(20)13-19(17)25-11-3-9-22-25/h2-13,23H,1H3. The Balaban J connectivity index is 1.80. The summed E-state index contributed by atoms with van der Waals surface area (Å²) in [5, 5.41) is 12.3. The first kappa shape index (κ1) is 15.7. The van der Waals surface area contributed by atoms with E-state index in [1.807, 2.05) is 52.1 Å². The van der Waals surface area contributed by atoms with Gasteiger partial charge in [-0.05, 0) is 55.0 Å². The van der Waals surface area contributed by atoms with Crippen molar-refractivity contribution in [3.8, 4) is 11.4 Å². The number of rotatable bonds is 4. The predicted octanol–water partition coefficient (Wildman–Crippen LogP) is 4.87. The Morgan fingerprint density at radius 2 is 1.44 bits per heavy atom. The normalized spacial score (nSPS) is 10.8. The van der Waals surface area contributed by atoms with Crippen LogP contribution in [-0.2, 0) is 0 Å². The average molecular weight is 394 g/mol. The molecular formula is C19H16BrN5. The second-order valence-corrected chi connectivity index (χ2v) is 6.62. The van der Waals surface area contributed by atoms with Crippen LogP contribution in [0.5, 0.6) is 0 Å². The summed E-state index contributed by atoms with van der Waals surface area (Å²) < 4.78 is 4.70. The number of benzene rings is 2. The first-order valence-corrected chi connectivity index (χ1v) is 8.67. The van der Waals surface area contributed by atoms with Crippen LogP contribution in [0.2, 0.25) is 0 Å². The lowest BCUT2D eigenvalue weighted by atomic mass is 10.1. The van der Waals surface area contributed by atoms with E-state index in [0.717, 1.165) is 27.2 Å². The van der Waals surface area contributed by atoms with Gasteiger partial charge in [-0.1, -0.05) is 22.0 Å². The van der Waals surface area contributed by atoms with E-state index in [1.165, 1.54) is 5.56 Å². The largest absolute Gasteiger partial charge is 0.352 e. The monoisotopic (exact) mass is 393 g/mol. The van der Waals surface area contributed by atoms with Crippen molar-refractivity contribution in [1.29, 1.82) is 0 Å². The van der Waals surface area contributed by atoms with Crippen molar-refractivity contribution in [3.63, 3.8) is 0 Å². The molecule has 2 aromatic heterocycles. The fourth-order valence-electron chi connectivity index (χ4n) is 2.70. The smallest absolute Gasteiger partial charge is 0.0891 e. The third-order valence-corrected chi connectivity index (χ3v) is 4.38. The van der Waals surface area contributed by atoms with Gasteiger partial charge in [-0.15, -0.1) is 0 Å². The highest BCUT2D eigenvalue weighted by Crippen LogP contribution is 2.30. The van der Waals surface area contributed by atoms with Gasteiger partial charge in [0.25, 0.3) is 0 Å². The van der Waals surface area contributed by atoms with Gasteiger partial charge < -0.3 is 5.32 Å². The van der Waals surface area contributed by atoms with Crippen LogP contribution in [0, 0.1) is 6.92 Å². The molecule has 0 aliphatic heterocycles. The van der Waals surface area contributed by atoms with E-state index >= 15 is 0 Å². The van der Waals surface area contributed by atoms with Gasteiger partial charge in [0.1, 0.15) is 0 Å². The van der Waals surface area contributed by atoms with E-state index in [4.69, 9.17) is 0 Å². The molecule has 0 fully saturated rings. The van der Waals surface area contributed by atoms with Gasteiger partial charge in [-0.3, -0.25) is 0 Å². The molecule has 4 rings (SSSR count). The Morgan fingerprint density at radius 1 is 0.840 bits per heavy atom. The van der Waals surface area contributed by atoms with Crippen LogP contribution in [0.4, 0.5) is 11.4 Å². The van der Waals surface area contributed by atoms with E-state index in [0.29, 0.717) is 0 Å². The third kappa shape index (κ3) is 3.21. The molecule has 0 amide bonds. The molecule has 1 N–H and O–H groups in total. The number of halogens is 1. The first-order valence-electron chi connectivity index (χ1n) is 7.88.